The van der Waals surface area contributed by atoms with Gasteiger partial charge in [0.2, 0.25) is 0 Å². The molecule has 1 saturated heterocycles. The molecule has 1 N–H and O–H groups in total. The third-order valence-corrected chi connectivity index (χ3v) is 7.01. The number of halogens is 1. The number of nitriles is 2. The van der Waals surface area contributed by atoms with E-state index < -0.39 is 0 Å². The summed E-state index contributed by atoms with van der Waals surface area (Å²) in [6.45, 7) is 6.68. The fourth-order valence-electron chi connectivity index (χ4n) is 4.54. The summed E-state index contributed by atoms with van der Waals surface area (Å²) in [4.78, 5) is 4.74. The monoisotopic (exact) mass is 500 g/mol. The lowest BCUT2D eigenvalue weighted by Gasteiger charge is -2.45. The highest BCUT2D eigenvalue weighted by molar-refractivity contribution is 6.33. The Morgan fingerprint density at radius 3 is 2.39 bits per heavy atom. The van der Waals surface area contributed by atoms with Crippen LogP contribution in [0.4, 0.5) is 5.69 Å². The molecule has 0 spiro atoms. The number of benzene rings is 3. The molecule has 3 aromatic rings. The molecule has 4 rings (SSSR count). The summed E-state index contributed by atoms with van der Waals surface area (Å²) in [6, 6.07) is 25.3. The topological polar surface area (TPSA) is 83.5 Å². The number of rotatable bonds is 7. The van der Waals surface area contributed by atoms with Gasteiger partial charge in [0.15, 0.2) is 0 Å². The van der Waals surface area contributed by atoms with Gasteiger partial charge in [-0.2, -0.15) is 10.5 Å². The van der Waals surface area contributed by atoms with Crippen molar-refractivity contribution in [3.63, 3.8) is 0 Å². The Kier molecular flexibility index (Phi) is 8.00. The number of phenolic OH excluding ortho intramolecular Hbond substituents is 1. The predicted octanol–water partition coefficient (Wildman–Crippen LogP) is 6.08. The average Bonchev–Trinajstić information content (AvgIpc) is 2.91. The Hall–Kier alpha value is -3.71. The van der Waals surface area contributed by atoms with Crippen LogP contribution in [-0.4, -0.2) is 36.2 Å². The molecule has 0 aliphatic carbocycles. The molecule has 1 aliphatic rings. The molecular formula is C29H29ClN4O2. The summed E-state index contributed by atoms with van der Waals surface area (Å²) in [5.41, 5.74) is 3.82. The molecule has 3 aromatic carbocycles. The standard InChI is InChI=1S/C29H29ClN4O2/c1-20(16-31)19-36-26-11-12-28(27(30)15-26)34-14-13-33(18-29(34)24-7-9-25(35)10-8-24)21(2)23-5-3-22(17-32)4-6-23/h3-12,15,20-21,29,35H,13-14,18-19H2,1-2H3/t20-,21?,29-/m0/s1. The third-order valence-electron chi connectivity index (χ3n) is 6.71. The molecule has 6 nitrogen and oxygen atoms in total. The fourth-order valence-corrected chi connectivity index (χ4v) is 4.82. The Labute approximate surface area is 217 Å². The van der Waals surface area contributed by atoms with Crippen LogP contribution in [-0.2, 0) is 0 Å². The van der Waals surface area contributed by atoms with Gasteiger partial charge in [0.05, 0.1) is 40.4 Å². The van der Waals surface area contributed by atoms with Crippen LogP contribution in [0.25, 0.3) is 0 Å². The molecule has 0 amide bonds. The summed E-state index contributed by atoms with van der Waals surface area (Å²) < 4.78 is 5.74. The van der Waals surface area contributed by atoms with Gasteiger partial charge in [-0.05, 0) is 61.4 Å². The summed E-state index contributed by atoms with van der Waals surface area (Å²) in [7, 11) is 0. The molecular weight excluding hydrogens is 472 g/mol. The van der Waals surface area contributed by atoms with Crippen LogP contribution < -0.4 is 9.64 Å². The highest BCUT2D eigenvalue weighted by Gasteiger charge is 2.32. The first-order valence-electron chi connectivity index (χ1n) is 12.0. The van der Waals surface area contributed by atoms with E-state index in [1.807, 2.05) is 55.5 Å². The van der Waals surface area contributed by atoms with Gasteiger partial charge in [0, 0.05) is 31.7 Å². The zero-order chi connectivity index (χ0) is 25.7. The number of piperazine rings is 1. The van der Waals surface area contributed by atoms with E-state index in [9.17, 15) is 5.11 Å². The fraction of sp³-hybridized carbons (Fsp3) is 0.310. The summed E-state index contributed by atoms with van der Waals surface area (Å²) in [6.07, 6.45) is 0. The Morgan fingerprint density at radius 2 is 1.75 bits per heavy atom. The largest absolute Gasteiger partial charge is 0.508 e. The smallest absolute Gasteiger partial charge is 0.120 e. The second-order valence-corrected chi connectivity index (χ2v) is 9.57. The van der Waals surface area contributed by atoms with Gasteiger partial charge in [0.1, 0.15) is 18.1 Å². The Bertz CT molecular complexity index is 1260. The van der Waals surface area contributed by atoms with Gasteiger partial charge in [-0.1, -0.05) is 35.9 Å². The van der Waals surface area contributed by atoms with Crippen molar-refractivity contribution in [2.24, 2.45) is 5.92 Å². The van der Waals surface area contributed by atoms with Crippen LogP contribution in [0.2, 0.25) is 5.02 Å². The first kappa shape index (κ1) is 25.4. The highest BCUT2D eigenvalue weighted by Crippen LogP contribution is 2.39. The van der Waals surface area contributed by atoms with Gasteiger partial charge in [-0.3, -0.25) is 4.90 Å². The minimum atomic E-state index is -0.200. The molecule has 0 aromatic heterocycles. The number of hydrogen-bond donors (Lipinski definition) is 1. The lowest BCUT2D eigenvalue weighted by Crippen LogP contribution is -2.49. The van der Waals surface area contributed by atoms with Crippen molar-refractivity contribution in [3.05, 3.63) is 88.4 Å². The molecule has 1 heterocycles. The number of hydrogen-bond acceptors (Lipinski definition) is 6. The van der Waals surface area contributed by atoms with Crippen LogP contribution >= 0.6 is 11.6 Å². The number of phenols is 1. The van der Waals surface area contributed by atoms with Crippen molar-refractivity contribution in [2.75, 3.05) is 31.1 Å². The van der Waals surface area contributed by atoms with Gasteiger partial charge in [-0.15, -0.1) is 0 Å². The first-order valence-corrected chi connectivity index (χ1v) is 12.4. The SMILES string of the molecule is CC(c1ccc(C#N)cc1)N1CCN(c2ccc(OC[C@@H](C)C#N)cc2Cl)[C@H](c2ccc(O)cc2)C1. The van der Waals surface area contributed by atoms with E-state index in [0.717, 1.165) is 36.4 Å². The maximum Gasteiger partial charge on any atom is 0.120 e. The molecule has 0 saturated carbocycles. The Morgan fingerprint density at radius 1 is 1.03 bits per heavy atom. The summed E-state index contributed by atoms with van der Waals surface area (Å²) in [5, 5.41) is 28.6. The molecule has 0 radical (unpaired) electrons. The van der Waals surface area contributed by atoms with E-state index in [2.05, 4.69) is 28.9 Å². The van der Waals surface area contributed by atoms with E-state index >= 15 is 0 Å². The molecule has 7 heteroatoms. The van der Waals surface area contributed by atoms with Gasteiger partial charge in [-0.25, -0.2) is 0 Å². The molecule has 1 unspecified atom stereocenters. The number of nitrogens with zero attached hydrogens (tertiary/aromatic N) is 4. The lowest BCUT2D eigenvalue weighted by molar-refractivity contribution is 0.171. The van der Waals surface area contributed by atoms with Gasteiger partial charge >= 0.3 is 0 Å². The van der Waals surface area contributed by atoms with Crippen LogP contribution in [0, 0.1) is 28.6 Å². The summed E-state index contributed by atoms with van der Waals surface area (Å²) >= 11 is 6.75. The van der Waals surface area contributed by atoms with Crippen LogP contribution in [0.3, 0.4) is 0 Å². The van der Waals surface area contributed by atoms with E-state index in [4.69, 9.17) is 26.9 Å². The molecule has 1 fully saturated rings. The zero-order valence-electron chi connectivity index (χ0n) is 20.4. The van der Waals surface area contributed by atoms with Crippen LogP contribution in [0.15, 0.2) is 66.7 Å². The normalized spacial score (nSPS) is 17.6. The van der Waals surface area contributed by atoms with Crippen molar-refractivity contribution >= 4 is 17.3 Å². The zero-order valence-corrected chi connectivity index (χ0v) is 21.2. The second-order valence-electron chi connectivity index (χ2n) is 9.16. The Balaban J connectivity index is 1.59. The average molecular weight is 501 g/mol. The molecule has 3 atom stereocenters. The molecule has 36 heavy (non-hydrogen) atoms. The number of anilines is 1. The van der Waals surface area contributed by atoms with Crippen LogP contribution in [0.1, 0.15) is 42.6 Å². The van der Waals surface area contributed by atoms with Crippen molar-refractivity contribution in [3.8, 4) is 23.6 Å². The maximum absolute atomic E-state index is 9.85. The van der Waals surface area contributed by atoms with Crippen molar-refractivity contribution in [2.45, 2.75) is 25.9 Å². The van der Waals surface area contributed by atoms with Gasteiger partial charge < -0.3 is 14.7 Å². The molecule has 1 aliphatic heterocycles. The minimum absolute atomic E-state index is 0.0167. The van der Waals surface area contributed by atoms with E-state index in [-0.39, 0.29) is 23.8 Å². The highest BCUT2D eigenvalue weighted by atomic mass is 35.5. The third kappa shape index (κ3) is 5.74. The van der Waals surface area contributed by atoms with E-state index in [1.165, 1.54) is 0 Å². The van der Waals surface area contributed by atoms with Crippen molar-refractivity contribution in [1.29, 1.82) is 10.5 Å². The quantitative estimate of drug-likeness (QED) is 0.423. The van der Waals surface area contributed by atoms with Crippen LogP contribution in [0.5, 0.6) is 11.5 Å². The van der Waals surface area contributed by atoms with E-state index in [1.54, 1.807) is 18.2 Å². The predicted molar refractivity (Wildman–Crippen MR) is 141 cm³/mol. The first-order chi connectivity index (χ1) is 17.4. The van der Waals surface area contributed by atoms with E-state index in [0.29, 0.717) is 22.9 Å². The maximum atomic E-state index is 9.85. The number of ether oxygens (including phenoxy) is 1. The van der Waals surface area contributed by atoms with Crippen molar-refractivity contribution in [1.82, 2.24) is 4.90 Å². The minimum Gasteiger partial charge on any atom is -0.508 e. The molecule has 0 bridgehead atoms. The lowest BCUT2D eigenvalue weighted by atomic mass is 9.98. The second kappa shape index (κ2) is 11.4. The summed E-state index contributed by atoms with van der Waals surface area (Å²) in [5.74, 6) is 0.670. The number of aromatic hydroxyl groups is 1. The van der Waals surface area contributed by atoms with Gasteiger partial charge in [0.25, 0.3) is 0 Å². The van der Waals surface area contributed by atoms with Crippen molar-refractivity contribution < 1.29 is 9.84 Å². The molecule has 184 valence electrons.